The highest BCUT2D eigenvalue weighted by molar-refractivity contribution is 7.21. The van der Waals surface area contributed by atoms with Gasteiger partial charge in [0, 0.05) is 43.4 Å². The molecule has 9 aromatic carbocycles. The van der Waals surface area contributed by atoms with Crippen LogP contribution in [0.1, 0.15) is 11.1 Å². The van der Waals surface area contributed by atoms with Crippen molar-refractivity contribution in [1.82, 2.24) is 9.97 Å². The lowest BCUT2D eigenvalue weighted by Gasteiger charge is -2.14. The van der Waals surface area contributed by atoms with E-state index in [4.69, 9.17) is 18.8 Å². The van der Waals surface area contributed by atoms with E-state index in [1.807, 2.05) is 121 Å². The minimum absolute atomic E-state index is 0.576. The van der Waals surface area contributed by atoms with Gasteiger partial charge in [-0.1, -0.05) is 109 Å². The molecule has 0 radical (unpaired) electrons. The van der Waals surface area contributed by atoms with E-state index < -0.39 is 23.5 Å². The molecule has 0 aliphatic heterocycles. The molecule has 0 spiro atoms. The second-order valence-electron chi connectivity index (χ2n) is 16.6. The zero-order valence-corrected chi connectivity index (χ0v) is 35.4. The van der Waals surface area contributed by atoms with Crippen LogP contribution < -0.4 is 0 Å². The maximum absolute atomic E-state index is 13.6. The second kappa shape index (κ2) is 14.2. The van der Waals surface area contributed by atoms with Crippen LogP contribution in [-0.4, -0.2) is 9.97 Å². The van der Waals surface area contributed by atoms with E-state index in [9.17, 15) is 26.3 Å². The lowest BCUT2D eigenvalue weighted by Crippen LogP contribution is -2.04. The summed E-state index contributed by atoms with van der Waals surface area (Å²) in [5, 5.41) is 6.84. The number of hydrogen-bond donors (Lipinski definition) is 0. The molecule has 0 N–H and O–H groups in total. The third-order valence-corrected chi connectivity index (χ3v) is 14.0. The number of alkyl halides is 6. The fraction of sp³-hybridized carbons (Fsp3) is 0.0357. The molecule has 0 saturated heterocycles. The van der Waals surface area contributed by atoms with Gasteiger partial charge in [-0.3, -0.25) is 0 Å². The summed E-state index contributed by atoms with van der Waals surface area (Å²) in [5.41, 5.74) is 8.08. The molecule has 13 rings (SSSR count). The van der Waals surface area contributed by atoms with Crippen LogP contribution in [0.5, 0.6) is 0 Å². The van der Waals surface area contributed by atoms with E-state index in [0.29, 0.717) is 55.5 Å². The second-order valence-corrected chi connectivity index (χ2v) is 17.6. The Labute approximate surface area is 379 Å². The third-order valence-electron chi connectivity index (χ3n) is 12.8. The standard InChI is InChI=1S/C56H28F6N2O2S/c57-55(58,59)33-21-15-29(16-22-33)31-19-25-37-43(27-31)44-28-32(30-17-23-34(24-18-30)56(60,61)62)20-26-38(44)48-47(37)63-49-50(64-48)54(42-12-6-10-40-36-8-2-4-14-46(36)66-52(40)42)67-53(49)41-11-5-9-39-35-7-1-3-13-45(35)65-51(39)41/h1-28H. The van der Waals surface area contributed by atoms with Crippen LogP contribution in [0.25, 0.3) is 131 Å². The molecule has 322 valence electrons. The van der Waals surface area contributed by atoms with Gasteiger partial charge >= 0.3 is 12.4 Å². The minimum atomic E-state index is -4.50. The summed E-state index contributed by atoms with van der Waals surface area (Å²) in [7, 11) is 0. The monoisotopic (exact) mass is 906 g/mol. The first kappa shape index (κ1) is 39.4. The van der Waals surface area contributed by atoms with Crippen molar-refractivity contribution in [2.45, 2.75) is 12.4 Å². The first-order chi connectivity index (χ1) is 32.5. The van der Waals surface area contributed by atoms with Crippen LogP contribution in [0.3, 0.4) is 0 Å². The van der Waals surface area contributed by atoms with E-state index in [2.05, 4.69) is 0 Å². The number of nitrogens with zero attached hydrogens (tertiary/aromatic N) is 2. The number of fused-ring (bicyclic) bond motifs is 13. The molecule has 0 unspecified atom stereocenters. The van der Waals surface area contributed by atoms with Gasteiger partial charge in [-0.15, -0.1) is 11.3 Å². The van der Waals surface area contributed by atoms with Crippen molar-refractivity contribution in [2.75, 3.05) is 0 Å². The van der Waals surface area contributed by atoms with Gasteiger partial charge in [0.25, 0.3) is 0 Å². The molecule has 11 heteroatoms. The van der Waals surface area contributed by atoms with Crippen LogP contribution in [0.15, 0.2) is 179 Å². The molecule has 4 aromatic heterocycles. The number of thiophene rings is 1. The molecule has 4 heterocycles. The van der Waals surface area contributed by atoms with Gasteiger partial charge in [0.1, 0.15) is 33.4 Å². The Hall–Kier alpha value is -8.02. The van der Waals surface area contributed by atoms with E-state index >= 15 is 0 Å². The van der Waals surface area contributed by atoms with Crippen LogP contribution in [0, 0.1) is 0 Å². The van der Waals surface area contributed by atoms with Gasteiger partial charge in [0.05, 0.1) is 31.9 Å². The predicted molar refractivity (Wildman–Crippen MR) is 256 cm³/mol. The summed E-state index contributed by atoms with van der Waals surface area (Å²) in [6.45, 7) is 0. The number of furan rings is 2. The maximum atomic E-state index is 13.6. The Morgan fingerprint density at radius 3 is 1.15 bits per heavy atom. The predicted octanol–water partition coefficient (Wildman–Crippen LogP) is 17.7. The lowest BCUT2D eigenvalue weighted by atomic mass is 9.92. The van der Waals surface area contributed by atoms with E-state index in [1.54, 1.807) is 11.3 Å². The van der Waals surface area contributed by atoms with Gasteiger partial charge < -0.3 is 8.83 Å². The van der Waals surface area contributed by atoms with Crippen molar-refractivity contribution >= 4 is 98.8 Å². The Kier molecular flexibility index (Phi) is 8.36. The minimum Gasteiger partial charge on any atom is -0.455 e. The summed E-state index contributed by atoms with van der Waals surface area (Å²) < 4.78 is 94.9. The topological polar surface area (TPSA) is 52.1 Å². The van der Waals surface area contributed by atoms with Crippen LogP contribution in [-0.2, 0) is 12.4 Å². The number of rotatable bonds is 4. The Balaban J connectivity index is 1.12. The van der Waals surface area contributed by atoms with Crippen molar-refractivity contribution in [3.63, 3.8) is 0 Å². The Morgan fingerprint density at radius 2 is 0.731 bits per heavy atom. The fourth-order valence-electron chi connectivity index (χ4n) is 9.55. The smallest absolute Gasteiger partial charge is 0.416 e. The van der Waals surface area contributed by atoms with Crippen molar-refractivity contribution in [3.05, 3.63) is 181 Å². The van der Waals surface area contributed by atoms with Gasteiger partial charge in [-0.2, -0.15) is 26.3 Å². The molecule has 0 saturated carbocycles. The largest absolute Gasteiger partial charge is 0.455 e. The maximum Gasteiger partial charge on any atom is 0.416 e. The van der Waals surface area contributed by atoms with Gasteiger partial charge in [-0.05, 0) is 93.7 Å². The average Bonchev–Trinajstić information content (AvgIpc) is 4.04. The van der Waals surface area contributed by atoms with Crippen LogP contribution >= 0.6 is 11.3 Å². The first-order valence-corrected chi connectivity index (χ1v) is 22.1. The summed E-state index contributed by atoms with van der Waals surface area (Å²) in [6, 6.07) is 49.5. The third kappa shape index (κ3) is 6.14. The number of hydrogen-bond acceptors (Lipinski definition) is 5. The van der Waals surface area contributed by atoms with Crippen molar-refractivity contribution < 1.29 is 35.2 Å². The molecule has 4 nitrogen and oxygen atoms in total. The van der Waals surface area contributed by atoms with Crippen molar-refractivity contribution in [1.29, 1.82) is 0 Å². The summed E-state index contributed by atoms with van der Waals surface area (Å²) in [4.78, 5) is 12.8. The molecule has 0 atom stereocenters. The highest BCUT2D eigenvalue weighted by Gasteiger charge is 2.31. The highest BCUT2D eigenvalue weighted by atomic mass is 32.1. The van der Waals surface area contributed by atoms with Crippen LogP contribution in [0.2, 0.25) is 0 Å². The molecule has 0 aliphatic rings. The number of benzene rings is 9. The lowest BCUT2D eigenvalue weighted by molar-refractivity contribution is -0.138. The number of para-hydroxylation sites is 4. The number of aromatic nitrogens is 2. The molecule has 67 heavy (non-hydrogen) atoms. The Bertz CT molecular complexity index is 3920. The molecule has 0 aliphatic carbocycles. The first-order valence-electron chi connectivity index (χ1n) is 21.3. The van der Waals surface area contributed by atoms with Crippen molar-refractivity contribution in [3.8, 4) is 43.1 Å². The van der Waals surface area contributed by atoms with Crippen LogP contribution in [0.4, 0.5) is 26.3 Å². The zero-order valence-electron chi connectivity index (χ0n) is 34.6. The van der Waals surface area contributed by atoms with E-state index in [1.165, 1.54) is 24.3 Å². The Morgan fingerprint density at radius 1 is 0.343 bits per heavy atom. The molecular formula is C56H28F6N2O2S. The molecule has 0 bridgehead atoms. The SMILES string of the molecule is FC(F)(F)c1ccc(-c2ccc3c(c2)c2cc(-c4ccc(C(F)(F)F)cc4)ccc2c2nc4c(-c5cccc6c5oc5ccccc56)sc(-c5cccc6c5oc5ccccc56)c4nc32)cc1. The average molecular weight is 907 g/mol. The molecule has 0 amide bonds. The summed E-state index contributed by atoms with van der Waals surface area (Å²) in [5.74, 6) is 0. The fourth-order valence-corrected chi connectivity index (χ4v) is 10.8. The van der Waals surface area contributed by atoms with E-state index in [-0.39, 0.29) is 0 Å². The summed E-state index contributed by atoms with van der Waals surface area (Å²) >= 11 is 1.55. The molecular weight excluding hydrogens is 879 g/mol. The van der Waals surface area contributed by atoms with E-state index in [0.717, 1.165) is 99.4 Å². The molecule has 0 fully saturated rings. The highest BCUT2D eigenvalue weighted by Crippen LogP contribution is 2.50. The zero-order chi connectivity index (χ0) is 45.3. The van der Waals surface area contributed by atoms with Gasteiger partial charge in [-0.25, -0.2) is 9.97 Å². The summed E-state index contributed by atoms with van der Waals surface area (Å²) in [6.07, 6.45) is -8.99. The number of halogens is 6. The van der Waals surface area contributed by atoms with Gasteiger partial charge in [0.15, 0.2) is 0 Å². The quantitative estimate of drug-likeness (QED) is 0.130. The van der Waals surface area contributed by atoms with Gasteiger partial charge in [0.2, 0.25) is 0 Å². The van der Waals surface area contributed by atoms with Crippen molar-refractivity contribution in [2.24, 2.45) is 0 Å². The molecule has 13 aromatic rings. The normalized spacial score (nSPS) is 12.6.